The van der Waals surface area contributed by atoms with Crippen LogP contribution in [0.15, 0.2) is 18.2 Å². The lowest BCUT2D eigenvalue weighted by Crippen LogP contribution is -2.12. The third kappa shape index (κ3) is 2.59. The fourth-order valence-corrected chi connectivity index (χ4v) is 1.42. The van der Waals surface area contributed by atoms with E-state index >= 15 is 0 Å². The highest BCUT2D eigenvalue weighted by atomic mass is 32.2. The van der Waals surface area contributed by atoms with Crippen molar-refractivity contribution in [3.8, 4) is 0 Å². The molecule has 0 aliphatic carbocycles. The Bertz CT molecular complexity index is 396. The van der Waals surface area contributed by atoms with Crippen LogP contribution in [-0.4, -0.2) is 14.7 Å². The van der Waals surface area contributed by atoms with Gasteiger partial charge in [0, 0.05) is 0 Å². The average molecular weight is 204 g/mol. The Labute approximate surface area is 75.6 Å². The van der Waals surface area contributed by atoms with Crippen LogP contribution in [0.5, 0.6) is 0 Å². The fraction of sp³-hybridized carbons (Fsp3) is 0.143. The van der Waals surface area contributed by atoms with Gasteiger partial charge in [-0.15, -0.1) is 0 Å². The molecule has 3 N–H and O–H groups in total. The quantitative estimate of drug-likeness (QED) is 0.699. The summed E-state index contributed by atoms with van der Waals surface area (Å²) in [5.74, 6) is -0.689. The van der Waals surface area contributed by atoms with Gasteiger partial charge in [0.2, 0.25) is 10.0 Å². The van der Waals surface area contributed by atoms with Crippen LogP contribution in [-0.2, 0) is 10.0 Å². The normalized spacial score (nSPS) is 11.2. The molecular weight excluding hydrogens is 195 g/mol. The highest BCUT2D eigenvalue weighted by Gasteiger charge is 2.09. The molecule has 0 aromatic heterocycles. The first-order chi connectivity index (χ1) is 5.90. The zero-order valence-electron chi connectivity index (χ0n) is 6.91. The van der Waals surface area contributed by atoms with Gasteiger partial charge in [0.15, 0.2) is 0 Å². The van der Waals surface area contributed by atoms with Crippen molar-refractivity contribution in [2.45, 2.75) is 0 Å². The molecule has 0 heterocycles. The van der Waals surface area contributed by atoms with Crippen LogP contribution in [0.2, 0.25) is 0 Å². The van der Waals surface area contributed by atoms with Crippen LogP contribution in [0.1, 0.15) is 0 Å². The first-order valence-corrected chi connectivity index (χ1v) is 5.31. The number of benzene rings is 1. The molecule has 0 aliphatic heterocycles. The van der Waals surface area contributed by atoms with E-state index in [0.29, 0.717) is 0 Å². The number of para-hydroxylation sites is 1. The minimum atomic E-state index is -3.49. The first-order valence-electron chi connectivity index (χ1n) is 3.42. The Kier molecular flexibility index (Phi) is 2.42. The number of nitrogens with two attached hydrogens (primary N) is 1. The second-order valence-corrected chi connectivity index (χ2v) is 4.33. The zero-order chi connectivity index (χ0) is 10.1. The van der Waals surface area contributed by atoms with Gasteiger partial charge in [-0.1, -0.05) is 6.07 Å². The second kappa shape index (κ2) is 3.21. The van der Waals surface area contributed by atoms with E-state index in [2.05, 4.69) is 0 Å². The maximum atomic E-state index is 13.0. The third-order valence-electron chi connectivity index (χ3n) is 1.33. The second-order valence-electron chi connectivity index (χ2n) is 2.58. The number of nitrogen functional groups attached to an aromatic ring is 1. The molecule has 4 nitrogen and oxygen atoms in total. The van der Waals surface area contributed by atoms with E-state index in [1.165, 1.54) is 12.1 Å². The van der Waals surface area contributed by atoms with E-state index in [9.17, 15) is 12.8 Å². The van der Waals surface area contributed by atoms with E-state index in [1.54, 1.807) is 0 Å². The van der Waals surface area contributed by atoms with Gasteiger partial charge in [-0.25, -0.2) is 12.8 Å². The number of anilines is 2. The summed E-state index contributed by atoms with van der Waals surface area (Å²) in [5, 5.41) is 0. The lowest BCUT2D eigenvalue weighted by molar-refractivity contribution is 0.604. The van der Waals surface area contributed by atoms with E-state index in [1.807, 2.05) is 4.72 Å². The fourth-order valence-electron chi connectivity index (χ4n) is 0.834. The Morgan fingerprint density at radius 3 is 2.54 bits per heavy atom. The predicted molar refractivity (Wildman–Crippen MR) is 49.3 cm³/mol. The van der Waals surface area contributed by atoms with Gasteiger partial charge < -0.3 is 5.73 Å². The molecule has 1 aromatic carbocycles. The monoisotopic (exact) mass is 204 g/mol. The van der Waals surface area contributed by atoms with Crippen molar-refractivity contribution < 1.29 is 12.8 Å². The molecule has 1 rings (SSSR count). The molecule has 0 radical (unpaired) electrons. The largest absolute Gasteiger partial charge is 0.397 e. The van der Waals surface area contributed by atoms with Gasteiger partial charge in [-0.3, -0.25) is 4.72 Å². The van der Waals surface area contributed by atoms with Crippen LogP contribution in [0.25, 0.3) is 0 Å². The minimum absolute atomic E-state index is 0.0606. The summed E-state index contributed by atoms with van der Waals surface area (Å²) >= 11 is 0. The molecule has 13 heavy (non-hydrogen) atoms. The van der Waals surface area contributed by atoms with Gasteiger partial charge in [0.05, 0.1) is 11.9 Å². The predicted octanol–water partition coefficient (Wildman–Crippen LogP) is 0.779. The number of sulfonamides is 1. The number of nitrogens with one attached hydrogen (secondary N) is 1. The summed E-state index contributed by atoms with van der Waals surface area (Å²) < 4.78 is 36.5. The van der Waals surface area contributed by atoms with Crippen molar-refractivity contribution in [1.29, 1.82) is 0 Å². The number of rotatable bonds is 2. The SMILES string of the molecule is CS(=O)(=O)Nc1c(N)cccc1F. The molecular formula is C7H9FN2O2S. The maximum absolute atomic E-state index is 13.0. The van der Waals surface area contributed by atoms with Crippen molar-refractivity contribution in [3.63, 3.8) is 0 Å². The molecule has 0 saturated carbocycles. The van der Waals surface area contributed by atoms with Gasteiger partial charge in [-0.05, 0) is 12.1 Å². The van der Waals surface area contributed by atoms with E-state index < -0.39 is 15.8 Å². The van der Waals surface area contributed by atoms with Crippen LogP contribution in [0.3, 0.4) is 0 Å². The van der Waals surface area contributed by atoms with Gasteiger partial charge >= 0.3 is 0 Å². The number of hydrogen-bond acceptors (Lipinski definition) is 3. The molecule has 72 valence electrons. The Morgan fingerprint density at radius 2 is 2.08 bits per heavy atom. The Hall–Kier alpha value is -1.30. The van der Waals surface area contributed by atoms with Gasteiger partial charge in [0.25, 0.3) is 0 Å². The zero-order valence-corrected chi connectivity index (χ0v) is 7.73. The summed E-state index contributed by atoms with van der Waals surface area (Å²) in [6.45, 7) is 0. The van der Waals surface area contributed by atoms with Gasteiger partial charge in [0.1, 0.15) is 11.5 Å². The lowest BCUT2D eigenvalue weighted by atomic mass is 10.3. The molecule has 6 heteroatoms. The van der Waals surface area contributed by atoms with Gasteiger partial charge in [-0.2, -0.15) is 0 Å². The smallest absolute Gasteiger partial charge is 0.229 e. The number of hydrogen-bond donors (Lipinski definition) is 2. The standard InChI is InChI=1S/C7H9FN2O2S/c1-13(11,12)10-7-5(8)3-2-4-6(7)9/h2-4,10H,9H2,1H3. The van der Waals surface area contributed by atoms with E-state index in [4.69, 9.17) is 5.73 Å². The minimum Gasteiger partial charge on any atom is -0.397 e. The topological polar surface area (TPSA) is 72.2 Å². The summed E-state index contributed by atoms with van der Waals surface area (Å²) in [5.41, 5.74) is 5.22. The molecule has 0 unspecified atom stereocenters. The molecule has 0 amide bonds. The highest BCUT2D eigenvalue weighted by molar-refractivity contribution is 7.92. The van der Waals surface area contributed by atoms with Crippen molar-refractivity contribution in [3.05, 3.63) is 24.0 Å². The lowest BCUT2D eigenvalue weighted by Gasteiger charge is -2.07. The van der Waals surface area contributed by atoms with E-state index in [0.717, 1.165) is 12.3 Å². The van der Waals surface area contributed by atoms with Crippen LogP contribution in [0, 0.1) is 5.82 Å². The molecule has 0 aliphatic rings. The van der Waals surface area contributed by atoms with Crippen molar-refractivity contribution in [2.75, 3.05) is 16.7 Å². The van der Waals surface area contributed by atoms with Crippen molar-refractivity contribution >= 4 is 21.4 Å². The van der Waals surface area contributed by atoms with Crippen molar-refractivity contribution in [1.82, 2.24) is 0 Å². The molecule has 0 bridgehead atoms. The number of halogens is 1. The third-order valence-corrected chi connectivity index (χ3v) is 1.91. The summed E-state index contributed by atoms with van der Waals surface area (Å²) in [6, 6.07) is 3.94. The first kappa shape index (κ1) is 9.79. The van der Waals surface area contributed by atoms with Crippen molar-refractivity contribution in [2.24, 2.45) is 0 Å². The molecule has 0 spiro atoms. The average Bonchev–Trinajstić information content (AvgIpc) is 1.95. The molecule has 1 aromatic rings. The van der Waals surface area contributed by atoms with Crippen LogP contribution < -0.4 is 10.5 Å². The van der Waals surface area contributed by atoms with Crippen LogP contribution >= 0.6 is 0 Å². The van der Waals surface area contributed by atoms with Crippen LogP contribution in [0.4, 0.5) is 15.8 Å². The summed E-state index contributed by atoms with van der Waals surface area (Å²) in [4.78, 5) is 0. The summed E-state index contributed by atoms with van der Waals surface area (Å²) in [7, 11) is -3.49. The van der Waals surface area contributed by atoms with E-state index in [-0.39, 0.29) is 11.4 Å². The molecule has 0 saturated heterocycles. The molecule has 0 fully saturated rings. The maximum Gasteiger partial charge on any atom is 0.229 e. The highest BCUT2D eigenvalue weighted by Crippen LogP contribution is 2.22. The Balaban J connectivity index is 3.15. The Morgan fingerprint density at radius 1 is 1.46 bits per heavy atom. The molecule has 0 atom stereocenters. The summed E-state index contributed by atoms with van der Waals surface area (Å²) in [6.07, 6.45) is 0.929.